The lowest BCUT2D eigenvalue weighted by Crippen LogP contribution is -2.23. The van der Waals surface area contributed by atoms with Gasteiger partial charge in [-0.3, -0.25) is 4.79 Å². The van der Waals surface area contributed by atoms with Gasteiger partial charge >= 0.3 is 0 Å². The van der Waals surface area contributed by atoms with Crippen LogP contribution in [0.5, 0.6) is 0 Å². The minimum absolute atomic E-state index is 0.138. The first kappa shape index (κ1) is 10.5. The van der Waals surface area contributed by atoms with Crippen molar-refractivity contribution in [2.24, 2.45) is 0 Å². The molecule has 4 nitrogen and oxygen atoms in total. The Hall–Kier alpha value is -1.62. The van der Waals surface area contributed by atoms with Gasteiger partial charge in [-0.15, -0.1) is 0 Å². The van der Waals surface area contributed by atoms with Gasteiger partial charge in [-0.1, -0.05) is 0 Å². The maximum atomic E-state index is 11.9. The fourth-order valence-electron chi connectivity index (χ4n) is 2.13. The van der Waals surface area contributed by atoms with Crippen LogP contribution in [0, 0.1) is 0 Å². The predicted octanol–water partition coefficient (Wildman–Crippen LogP) is 2.15. The summed E-state index contributed by atoms with van der Waals surface area (Å²) < 4.78 is 9.48. The number of aromatic nitrogens is 1. The molecule has 0 saturated carbocycles. The minimum Gasteiger partial charge on any atom is -0.459 e. The Labute approximate surface area is 103 Å². The maximum Gasteiger partial charge on any atom is 0.287 e. The zero-order valence-electron chi connectivity index (χ0n) is 9.23. The summed E-state index contributed by atoms with van der Waals surface area (Å²) in [5, 5.41) is 4.72. The first-order valence-corrected chi connectivity index (χ1v) is 6.45. The number of nitrogens with zero attached hydrogens (tertiary/aromatic N) is 1. The Kier molecular flexibility index (Phi) is 2.68. The van der Waals surface area contributed by atoms with Crippen LogP contribution in [0.25, 0.3) is 0 Å². The Bertz CT molecular complexity index is 531. The van der Waals surface area contributed by atoms with Crippen molar-refractivity contribution in [2.75, 3.05) is 0 Å². The van der Waals surface area contributed by atoms with Crippen LogP contribution >= 0.6 is 11.5 Å². The van der Waals surface area contributed by atoms with E-state index in [4.69, 9.17) is 4.42 Å². The van der Waals surface area contributed by atoms with Crippen molar-refractivity contribution in [3.05, 3.63) is 40.3 Å². The van der Waals surface area contributed by atoms with Crippen molar-refractivity contribution in [2.45, 2.75) is 25.8 Å². The number of hydrogen-bond acceptors (Lipinski definition) is 4. The van der Waals surface area contributed by atoms with E-state index in [1.165, 1.54) is 17.1 Å². The molecule has 1 aliphatic carbocycles. The summed E-state index contributed by atoms with van der Waals surface area (Å²) in [7, 11) is 0. The van der Waals surface area contributed by atoms with E-state index in [1.54, 1.807) is 6.26 Å². The van der Waals surface area contributed by atoms with Crippen LogP contribution in [0.2, 0.25) is 0 Å². The largest absolute Gasteiger partial charge is 0.459 e. The molecule has 0 aliphatic heterocycles. The highest BCUT2D eigenvalue weighted by atomic mass is 32.1. The molecule has 3 rings (SSSR count). The molecule has 88 valence electrons. The van der Waals surface area contributed by atoms with E-state index in [0.717, 1.165) is 30.5 Å². The topological polar surface area (TPSA) is 55.1 Å². The van der Waals surface area contributed by atoms with E-state index in [2.05, 4.69) is 9.69 Å². The van der Waals surface area contributed by atoms with Crippen molar-refractivity contribution in [1.29, 1.82) is 0 Å². The molecule has 1 amide bonds. The molecule has 1 aliphatic rings. The maximum absolute atomic E-state index is 11.9. The van der Waals surface area contributed by atoms with Gasteiger partial charge in [-0.05, 0) is 42.4 Å². The van der Waals surface area contributed by atoms with Gasteiger partial charge in [0.25, 0.3) is 5.91 Å². The molecule has 0 spiro atoms. The summed E-state index contributed by atoms with van der Waals surface area (Å²) in [6.07, 6.45) is 4.80. The third-order valence-corrected chi connectivity index (χ3v) is 3.58. The SMILES string of the molecule is O=C(NCc1ccsn1)c1occ2c1CCC2. The summed E-state index contributed by atoms with van der Waals surface area (Å²) in [6.45, 7) is 0.456. The number of carbonyl (C=O) groups is 1. The van der Waals surface area contributed by atoms with Crippen molar-refractivity contribution in [3.8, 4) is 0 Å². The minimum atomic E-state index is -0.138. The fourth-order valence-corrected chi connectivity index (χ4v) is 2.67. The van der Waals surface area contributed by atoms with E-state index in [-0.39, 0.29) is 5.91 Å². The average Bonchev–Trinajstić information content (AvgIpc) is 3.02. The molecular formula is C12H12N2O2S. The summed E-state index contributed by atoms with van der Waals surface area (Å²) >= 11 is 1.38. The summed E-state index contributed by atoms with van der Waals surface area (Å²) in [4.78, 5) is 11.9. The number of carbonyl (C=O) groups excluding carboxylic acids is 1. The van der Waals surface area contributed by atoms with Crippen molar-refractivity contribution in [3.63, 3.8) is 0 Å². The number of amides is 1. The Morgan fingerprint density at radius 3 is 3.29 bits per heavy atom. The van der Waals surface area contributed by atoms with Gasteiger partial charge in [0.2, 0.25) is 0 Å². The lowest BCUT2D eigenvalue weighted by atomic mass is 10.2. The van der Waals surface area contributed by atoms with Crippen molar-refractivity contribution < 1.29 is 9.21 Å². The summed E-state index contributed by atoms with van der Waals surface area (Å²) in [6, 6.07) is 1.90. The monoisotopic (exact) mass is 248 g/mol. The molecule has 2 aromatic rings. The molecule has 2 heterocycles. The number of rotatable bonds is 3. The number of hydrogen-bond donors (Lipinski definition) is 1. The molecule has 0 unspecified atom stereocenters. The molecular weight excluding hydrogens is 236 g/mol. The zero-order valence-corrected chi connectivity index (χ0v) is 10.0. The Balaban J connectivity index is 1.70. The van der Waals surface area contributed by atoms with E-state index in [9.17, 15) is 4.79 Å². The molecule has 0 bridgehead atoms. The number of furan rings is 1. The standard InChI is InChI=1S/C12H12N2O2S/c15-12(13-6-9-4-5-17-14-9)11-10-3-1-2-8(10)7-16-11/h4-5,7H,1-3,6H2,(H,13,15). The first-order valence-electron chi connectivity index (χ1n) is 5.61. The molecule has 2 aromatic heterocycles. The van der Waals surface area contributed by atoms with E-state index >= 15 is 0 Å². The van der Waals surface area contributed by atoms with Crippen molar-refractivity contribution >= 4 is 17.4 Å². The predicted molar refractivity (Wildman–Crippen MR) is 64.0 cm³/mol. The number of fused-ring (bicyclic) bond motifs is 1. The quantitative estimate of drug-likeness (QED) is 0.905. The second-order valence-electron chi connectivity index (χ2n) is 4.10. The Morgan fingerprint density at radius 2 is 2.47 bits per heavy atom. The Morgan fingerprint density at radius 1 is 1.53 bits per heavy atom. The molecule has 5 heteroatoms. The van der Waals surface area contributed by atoms with E-state index in [1.807, 2.05) is 11.4 Å². The molecule has 0 aromatic carbocycles. The average molecular weight is 248 g/mol. The number of nitrogens with one attached hydrogen (secondary N) is 1. The van der Waals surface area contributed by atoms with Gasteiger partial charge in [0.15, 0.2) is 5.76 Å². The molecule has 1 N–H and O–H groups in total. The highest BCUT2D eigenvalue weighted by Crippen LogP contribution is 2.26. The van der Waals surface area contributed by atoms with Crippen LogP contribution in [0.3, 0.4) is 0 Å². The van der Waals surface area contributed by atoms with E-state index < -0.39 is 0 Å². The molecule has 17 heavy (non-hydrogen) atoms. The number of aryl methyl sites for hydroxylation is 1. The highest BCUT2D eigenvalue weighted by Gasteiger charge is 2.23. The van der Waals surface area contributed by atoms with Crippen LogP contribution in [0.1, 0.15) is 33.8 Å². The lowest BCUT2D eigenvalue weighted by Gasteiger charge is -2.01. The molecule has 0 radical (unpaired) electrons. The van der Waals surface area contributed by atoms with Crippen LogP contribution in [-0.4, -0.2) is 10.3 Å². The second kappa shape index (κ2) is 4.33. The normalized spacial score (nSPS) is 13.6. The van der Waals surface area contributed by atoms with Gasteiger partial charge in [0, 0.05) is 10.9 Å². The second-order valence-corrected chi connectivity index (χ2v) is 4.76. The highest BCUT2D eigenvalue weighted by molar-refractivity contribution is 7.03. The molecule has 0 saturated heterocycles. The van der Waals surface area contributed by atoms with Crippen LogP contribution < -0.4 is 5.32 Å². The zero-order chi connectivity index (χ0) is 11.7. The smallest absolute Gasteiger partial charge is 0.287 e. The lowest BCUT2D eigenvalue weighted by molar-refractivity contribution is 0.0921. The van der Waals surface area contributed by atoms with Crippen LogP contribution in [-0.2, 0) is 19.4 Å². The van der Waals surface area contributed by atoms with Gasteiger partial charge in [0.1, 0.15) is 0 Å². The van der Waals surface area contributed by atoms with Gasteiger partial charge < -0.3 is 9.73 Å². The molecule has 0 fully saturated rings. The van der Waals surface area contributed by atoms with Crippen molar-refractivity contribution in [1.82, 2.24) is 9.69 Å². The van der Waals surface area contributed by atoms with Crippen LogP contribution in [0.4, 0.5) is 0 Å². The third kappa shape index (κ3) is 1.98. The molecule has 0 atom stereocenters. The van der Waals surface area contributed by atoms with E-state index in [0.29, 0.717) is 12.3 Å². The van der Waals surface area contributed by atoms with Gasteiger partial charge in [-0.2, -0.15) is 4.37 Å². The van der Waals surface area contributed by atoms with Gasteiger partial charge in [-0.25, -0.2) is 0 Å². The first-order chi connectivity index (χ1) is 8.34. The summed E-state index contributed by atoms with van der Waals surface area (Å²) in [5.41, 5.74) is 3.15. The van der Waals surface area contributed by atoms with Gasteiger partial charge in [0.05, 0.1) is 18.5 Å². The fraction of sp³-hybridized carbons (Fsp3) is 0.333. The third-order valence-electron chi connectivity index (χ3n) is 2.98. The van der Waals surface area contributed by atoms with Crippen LogP contribution in [0.15, 0.2) is 22.1 Å². The summed E-state index contributed by atoms with van der Waals surface area (Å²) in [5.74, 6) is 0.342.